The second-order valence-corrected chi connectivity index (χ2v) is 3.48. The highest BCUT2D eigenvalue weighted by molar-refractivity contribution is 9.11. The van der Waals surface area contributed by atoms with Gasteiger partial charge < -0.3 is 5.11 Å². The number of hydrogen-bond donors (Lipinski definition) is 1. The number of rotatable bonds is 0. The van der Waals surface area contributed by atoms with Crippen LogP contribution < -0.4 is 0 Å². The third-order valence-corrected chi connectivity index (χ3v) is 2.57. The molecule has 1 N–H and O–H groups in total. The summed E-state index contributed by atoms with van der Waals surface area (Å²) in [6.07, 6.45) is 0. The lowest BCUT2D eigenvalue weighted by atomic mass is 10.5. The first-order valence-corrected chi connectivity index (χ1v) is 4.28. The number of pyridine rings is 1. The number of aromatic nitrogens is 1. The maximum atomic E-state index is 9.01. The fourth-order valence-corrected chi connectivity index (χ4v) is 1.40. The van der Waals surface area contributed by atoms with Crippen LogP contribution in [0, 0.1) is 0 Å². The Morgan fingerprint density at radius 3 is 2.50 bits per heavy atom. The van der Waals surface area contributed by atoms with Crippen molar-refractivity contribution in [2.75, 3.05) is 0 Å². The molecule has 2 nitrogen and oxygen atoms in total. The quantitative estimate of drug-likeness (QED) is 0.744. The van der Waals surface area contributed by atoms with Crippen LogP contribution in [-0.2, 0) is 0 Å². The Hall–Kier alpha value is 0.200. The topological polar surface area (TPSA) is 33.1 Å². The highest BCUT2D eigenvalue weighted by atomic mass is 79.9. The predicted octanol–water partition coefficient (Wildman–Crippen LogP) is 2.97. The highest BCUT2D eigenvalue weighted by Crippen LogP contribution is 2.29. The molecule has 0 aliphatic rings. The summed E-state index contributed by atoms with van der Waals surface area (Å²) in [6.45, 7) is 0. The normalized spacial score (nSPS) is 9.90. The van der Waals surface area contributed by atoms with Gasteiger partial charge in [0.1, 0.15) is 15.0 Å². The largest absolute Gasteiger partial charge is 0.505 e. The van der Waals surface area contributed by atoms with Gasteiger partial charge in [0.15, 0.2) is 0 Å². The SMILES string of the molecule is Oc1cc(Cl)c(Br)nc1Br. The first-order valence-electron chi connectivity index (χ1n) is 2.32. The molecule has 0 aliphatic heterocycles. The summed E-state index contributed by atoms with van der Waals surface area (Å²) in [4.78, 5) is 3.82. The molecule has 0 amide bonds. The summed E-state index contributed by atoms with van der Waals surface area (Å²) >= 11 is 11.7. The van der Waals surface area contributed by atoms with E-state index in [9.17, 15) is 0 Å². The van der Waals surface area contributed by atoms with Crippen LogP contribution in [0.1, 0.15) is 0 Å². The van der Waals surface area contributed by atoms with E-state index in [1.165, 1.54) is 6.07 Å². The Kier molecular flexibility index (Phi) is 2.55. The minimum Gasteiger partial charge on any atom is -0.505 e. The second kappa shape index (κ2) is 3.07. The summed E-state index contributed by atoms with van der Waals surface area (Å²) in [5.41, 5.74) is 0. The zero-order chi connectivity index (χ0) is 7.72. The van der Waals surface area contributed by atoms with E-state index in [0.717, 1.165) is 0 Å². The Morgan fingerprint density at radius 1 is 1.40 bits per heavy atom. The molecule has 0 atom stereocenters. The van der Waals surface area contributed by atoms with Gasteiger partial charge in [-0.05, 0) is 31.9 Å². The maximum absolute atomic E-state index is 9.01. The van der Waals surface area contributed by atoms with Crippen molar-refractivity contribution in [1.82, 2.24) is 4.98 Å². The van der Waals surface area contributed by atoms with Crippen LogP contribution in [0.15, 0.2) is 15.3 Å². The van der Waals surface area contributed by atoms with Gasteiger partial charge in [-0.3, -0.25) is 0 Å². The molecule has 10 heavy (non-hydrogen) atoms. The third-order valence-electron chi connectivity index (χ3n) is 0.868. The van der Waals surface area contributed by atoms with Gasteiger partial charge in [0, 0.05) is 6.07 Å². The Labute approximate surface area is 79.5 Å². The van der Waals surface area contributed by atoms with Crippen LogP contribution in [0.2, 0.25) is 5.02 Å². The lowest BCUT2D eigenvalue weighted by Crippen LogP contribution is -1.79. The van der Waals surface area contributed by atoms with Crippen LogP contribution >= 0.6 is 43.5 Å². The zero-order valence-electron chi connectivity index (χ0n) is 4.61. The van der Waals surface area contributed by atoms with E-state index in [1.807, 2.05) is 0 Å². The molecular weight excluding hydrogens is 285 g/mol. The van der Waals surface area contributed by atoms with Gasteiger partial charge in [-0.1, -0.05) is 11.6 Å². The molecular formula is C5H2Br2ClNO. The van der Waals surface area contributed by atoms with E-state index < -0.39 is 0 Å². The van der Waals surface area contributed by atoms with E-state index in [1.54, 1.807) is 0 Å². The van der Waals surface area contributed by atoms with Gasteiger partial charge in [0.05, 0.1) is 5.02 Å². The lowest BCUT2D eigenvalue weighted by Gasteiger charge is -1.97. The van der Waals surface area contributed by atoms with Gasteiger partial charge in [-0.25, -0.2) is 4.98 Å². The molecule has 1 heterocycles. The molecule has 0 saturated heterocycles. The molecule has 5 heteroatoms. The average Bonchev–Trinajstić information content (AvgIpc) is 1.84. The maximum Gasteiger partial charge on any atom is 0.149 e. The smallest absolute Gasteiger partial charge is 0.149 e. The summed E-state index contributed by atoms with van der Waals surface area (Å²) in [5.74, 6) is 0.0354. The van der Waals surface area contributed by atoms with Crippen molar-refractivity contribution in [3.8, 4) is 5.75 Å². The number of nitrogens with zero attached hydrogens (tertiary/aromatic N) is 1. The number of hydrogen-bond acceptors (Lipinski definition) is 2. The van der Waals surface area contributed by atoms with Crippen LogP contribution in [0.3, 0.4) is 0 Å². The first-order chi connectivity index (χ1) is 4.61. The Morgan fingerprint density at radius 2 is 2.00 bits per heavy atom. The molecule has 0 aliphatic carbocycles. The van der Waals surface area contributed by atoms with Crippen LogP contribution in [0.5, 0.6) is 5.75 Å². The molecule has 1 aromatic heterocycles. The minimum absolute atomic E-state index is 0.0354. The molecule has 0 radical (unpaired) electrons. The van der Waals surface area contributed by atoms with E-state index in [0.29, 0.717) is 14.2 Å². The van der Waals surface area contributed by atoms with E-state index in [-0.39, 0.29) is 5.75 Å². The van der Waals surface area contributed by atoms with Crippen molar-refractivity contribution < 1.29 is 5.11 Å². The number of halogens is 3. The molecule has 0 fully saturated rings. The predicted molar refractivity (Wildman–Crippen MR) is 46.3 cm³/mol. The van der Waals surface area contributed by atoms with Crippen molar-refractivity contribution in [3.05, 3.63) is 20.3 Å². The van der Waals surface area contributed by atoms with Gasteiger partial charge in [0.2, 0.25) is 0 Å². The molecule has 0 saturated carbocycles. The second-order valence-electron chi connectivity index (χ2n) is 1.57. The van der Waals surface area contributed by atoms with Crippen LogP contribution in [0.25, 0.3) is 0 Å². The fraction of sp³-hybridized carbons (Fsp3) is 0. The van der Waals surface area contributed by atoms with Crippen molar-refractivity contribution in [2.45, 2.75) is 0 Å². The van der Waals surface area contributed by atoms with Crippen molar-refractivity contribution >= 4 is 43.5 Å². The third kappa shape index (κ3) is 1.62. The molecule has 1 aromatic rings. The standard InChI is InChI=1S/C5H2Br2ClNO/c6-4-2(8)1-3(10)5(7)9-4/h1,10H. The highest BCUT2D eigenvalue weighted by Gasteiger charge is 2.03. The molecule has 0 bridgehead atoms. The minimum atomic E-state index is 0.0354. The van der Waals surface area contributed by atoms with Crippen LogP contribution in [-0.4, -0.2) is 10.1 Å². The number of aromatic hydroxyl groups is 1. The molecule has 0 unspecified atom stereocenters. The molecule has 0 spiro atoms. The van der Waals surface area contributed by atoms with Crippen LogP contribution in [0.4, 0.5) is 0 Å². The van der Waals surface area contributed by atoms with E-state index >= 15 is 0 Å². The zero-order valence-corrected chi connectivity index (χ0v) is 8.53. The molecule has 0 aromatic carbocycles. The average molecular weight is 287 g/mol. The molecule has 54 valence electrons. The molecule has 1 rings (SSSR count). The summed E-state index contributed by atoms with van der Waals surface area (Å²) in [6, 6.07) is 1.41. The van der Waals surface area contributed by atoms with Crippen molar-refractivity contribution in [3.63, 3.8) is 0 Å². The van der Waals surface area contributed by atoms with Gasteiger partial charge in [-0.2, -0.15) is 0 Å². The summed E-state index contributed by atoms with van der Waals surface area (Å²) in [7, 11) is 0. The van der Waals surface area contributed by atoms with Gasteiger partial charge >= 0.3 is 0 Å². The first kappa shape index (κ1) is 8.30. The Bertz CT molecular complexity index is 216. The lowest BCUT2D eigenvalue weighted by molar-refractivity contribution is 0.468. The summed E-state index contributed by atoms with van der Waals surface area (Å²) in [5, 5.41) is 9.40. The monoisotopic (exact) mass is 285 g/mol. The summed E-state index contributed by atoms with van der Waals surface area (Å²) < 4.78 is 0.891. The van der Waals surface area contributed by atoms with E-state index in [4.69, 9.17) is 16.7 Å². The van der Waals surface area contributed by atoms with Crippen molar-refractivity contribution in [1.29, 1.82) is 0 Å². The van der Waals surface area contributed by atoms with Gasteiger partial charge in [-0.15, -0.1) is 0 Å². The van der Waals surface area contributed by atoms with Crippen molar-refractivity contribution in [2.24, 2.45) is 0 Å². The van der Waals surface area contributed by atoms with Gasteiger partial charge in [0.25, 0.3) is 0 Å². The Balaban J connectivity index is 3.28. The fourth-order valence-electron chi connectivity index (χ4n) is 0.436. The van der Waals surface area contributed by atoms with E-state index in [2.05, 4.69) is 36.8 Å².